The van der Waals surface area contributed by atoms with Gasteiger partial charge in [0, 0.05) is 6.04 Å². The highest BCUT2D eigenvalue weighted by Crippen LogP contribution is 2.44. The van der Waals surface area contributed by atoms with Gasteiger partial charge >= 0.3 is 0 Å². The van der Waals surface area contributed by atoms with E-state index >= 15 is 0 Å². The summed E-state index contributed by atoms with van der Waals surface area (Å²) in [5, 5.41) is 0. The average molecular weight is 540 g/mol. The number of benzene rings is 4. The van der Waals surface area contributed by atoms with Crippen LogP contribution in [0.25, 0.3) is 0 Å². The van der Waals surface area contributed by atoms with Crippen LogP contribution in [0.2, 0.25) is 0 Å². The molecule has 2 aliphatic rings. The number of aryl methyl sites for hydroxylation is 4. The first kappa shape index (κ1) is 26.5. The fourth-order valence-electron chi connectivity index (χ4n) is 6.57. The standard InChI is InChI=1S/C35H35F2NO2/c1-21-17-25(36)9-15-33(21)39-27-11-13-29-23(19-27)5-3-7-31(29)35(38)32-8-4-6-24-20-28(12-14-30(24)32)40-34-16-10-26(37)18-22(34)2/h9-20,31-32,35H,3-8,38H2,1-2H3/t31-,32-/m1/s1. The van der Waals surface area contributed by atoms with Crippen LogP contribution in [0.3, 0.4) is 0 Å². The molecule has 2 N–H and O–H groups in total. The second kappa shape index (κ2) is 11.1. The van der Waals surface area contributed by atoms with Gasteiger partial charge in [0.2, 0.25) is 0 Å². The Morgan fingerprint density at radius 1 is 0.650 bits per heavy atom. The Labute approximate surface area is 235 Å². The summed E-state index contributed by atoms with van der Waals surface area (Å²) >= 11 is 0. The molecule has 0 aromatic heterocycles. The Balaban J connectivity index is 1.22. The molecule has 2 aliphatic carbocycles. The molecule has 40 heavy (non-hydrogen) atoms. The van der Waals surface area contributed by atoms with E-state index in [1.54, 1.807) is 12.1 Å². The van der Waals surface area contributed by atoms with Crippen LogP contribution in [0, 0.1) is 25.5 Å². The topological polar surface area (TPSA) is 44.5 Å². The molecule has 0 unspecified atom stereocenters. The van der Waals surface area contributed by atoms with E-state index in [0.717, 1.165) is 61.2 Å². The third-order valence-electron chi connectivity index (χ3n) is 8.61. The van der Waals surface area contributed by atoms with Crippen molar-refractivity contribution in [2.45, 2.75) is 70.3 Å². The van der Waals surface area contributed by atoms with Crippen molar-refractivity contribution in [3.63, 3.8) is 0 Å². The molecule has 4 aromatic rings. The smallest absolute Gasteiger partial charge is 0.130 e. The zero-order valence-electron chi connectivity index (χ0n) is 23.1. The Hall–Kier alpha value is -3.70. The van der Waals surface area contributed by atoms with Gasteiger partial charge in [-0.15, -0.1) is 0 Å². The summed E-state index contributed by atoms with van der Waals surface area (Å²) in [6, 6.07) is 21.9. The molecule has 6 rings (SSSR count). The molecule has 4 aromatic carbocycles. The molecule has 0 amide bonds. The highest BCUT2D eigenvalue weighted by atomic mass is 19.1. The van der Waals surface area contributed by atoms with Crippen LogP contribution in [0.4, 0.5) is 8.78 Å². The molecule has 0 aliphatic heterocycles. The highest BCUT2D eigenvalue weighted by Gasteiger charge is 2.34. The van der Waals surface area contributed by atoms with Gasteiger partial charge in [0.05, 0.1) is 0 Å². The van der Waals surface area contributed by atoms with Crippen molar-refractivity contribution in [3.8, 4) is 23.0 Å². The van der Waals surface area contributed by atoms with Gasteiger partial charge in [0.15, 0.2) is 0 Å². The lowest BCUT2D eigenvalue weighted by Crippen LogP contribution is -2.38. The van der Waals surface area contributed by atoms with E-state index in [1.807, 2.05) is 26.0 Å². The summed E-state index contributed by atoms with van der Waals surface area (Å²) in [5.74, 6) is 2.91. The lowest BCUT2D eigenvalue weighted by molar-refractivity contribution is 0.374. The van der Waals surface area contributed by atoms with E-state index in [1.165, 1.54) is 46.5 Å². The van der Waals surface area contributed by atoms with Crippen LogP contribution >= 0.6 is 0 Å². The summed E-state index contributed by atoms with van der Waals surface area (Å²) < 4.78 is 39.3. The number of halogens is 2. The molecule has 0 bridgehead atoms. The normalized spacial score (nSPS) is 18.2. The van der Waals surface area contributed by atoms with Crippen molar-refractivity contribution in [1.29, 1.82) is 0 Å². The number of nitrogens with two attached hydrogens (primary N) is 1. The largest absolute Gasteiger partial charge is 0.457 e. The highest BCUT2D eigenvalue weighted by molar-refractivity contribution is 5.46. The van der Waals surface area contributed by atoms with E-state index in [2.05, 4.69) is 24.3 Å². The summed E-state index contributed by atoms with van der Waals surface area (Å²) in [4.78, 5) is 0. The molecular formula is C35H35F2NO2. The van der Waals surface area contributed by atoms with Crippen molar-refractivity contribution in [3.05, 3.63) is 118 Å². The van der Waals surface area contributed by atoms with Gasteiger partial charge in [0.1, 0.15) is 34.6 Å². The van der Waals surface area contributed by atoms with Crippen LogP contribution in [0.15, 0.2) is 72.8 Å². The molecule has 0 saturated carbocycles. The van der Waals surface area contributed by atoms with E-state index in [4.69, 9.17) is 15.2 Å². The van der Waals surface area contributed by atoms with Crippen LogP contribution in [-0.2, 0) is 12.8 Å². The molecule has 206 valence electrons. The second-order valence-corrected chi connectivity index (χ2v) is 11.3. The first-order valence-electron chi connectivity index (χ1n) is 14.2. The predicted octanol–water partition coefficient (Wildman–Crippen LogP) is 9.03. The van der Waals surface area contributed by atoms with Crippen LogP contribution < -0.4 is 15.2 Å². The van der Waals surface area contributed by atoms with Gasteiger partial charge in [-0.05, 0) is 158 Å². The third-order valence-corrected chi connectivity index (χ3v) is 8.61. The number of rotatable bonds is 6. The van der Waals surface area contributed by atoms with Gasteiger partial charge in [-0.25, -0.2) is 8.78 Å². The van der Waals surface area contributed by atoms with Gasteiger partial charge in [0.25, 0.3) is 0 Å². The number of hydrogen-bond acceptors (Lipinski definition) is 3. The quantitative estimate of drug-likeness (QED) is 0.266. The summed E-state index contributed by atoms with van der Waals surface area (Å²) in [5.41, 5.74) is 13.9. The van der Waals surface area contributed by atoms with Crippen molar-refractivity contribution in [2.75, 3.05) is 0 Å². The molecule has 0 saturated heterocycles. The first-order valence-corrected chi connectivity index (χ1v) is 14.2. The summed E-state index contributed by atoms with van der Waals surface area (Å²) in [6.45, 7) is 3.71. The van der Waals surface area contributed by atoms with Gasteiger partial charge < -0.3 is 15.2 Å². The van der Waals surface area contributed by atoms with Crippen LogP contribution in [-0.4, -0.2) is 6.04 Å². The second-order valence-electron chi connectivity index (χ2n) is 11.3. The average Bonchev–Trinajstić information content (AvgIpc) is 2.95. The molecule has 0 spiro atoms. The van der Waals surface area contributed by atoms with Crippen molar-refractivity contribution >= 4 is 0 Å². The van der Waals surface area contributed by atoms with Gasteiger partial charge in [-0.1, -0.05) is 12.1 Å². The Morgan fingerprint density at radius 3 is 1.52 bits per heavy atom. The van der Waals surface area contributed by atoms with Crippen molar-refractivity contribution in [1.82, 2.24) is 0 Å². The minimum Gasteiger partial charge on any atom is -0.457 e. The molecule has 0 heterocycles. The summed E-state index contributed by atoms with van der Waals surface area (Å²) in [7, 11) is 0. The fraction of sp³-hybridized carbons (Fsp3) is 0.314. The Bertz CT molecular complexity index is 1430. The maximum Gasteiger partial charge on any atom is 0.130 e. The Morgan fingerprint density at radius 2 is 1.10 bits per heavy atom. The van der Waals surface area contributed by atoms with E-state index in [0.29, 0.717) is 11.5 Å². The van der Waals surface area contributed by atoms with E-state index < -0.39 is 0 Å². The van der Waals surface area contributed by atoms with Crippen molar-refractivity contribution in [2.24, 2.45) is 5.73 Å². The zero-order chi connectivity index (χ0) is 27.8. The summed E-state index contributed by atoms with van der Waals surface area (Å²) in [6.07, 6.45) is 6.33. The number of ether oxygens (including phenoxy) is 2. The number of hydrogen-bond donors (Lipinski definition) is 1. The number of fused-ring (bicyclic) bond motifs is 2. The molecule has 0 radical (unpaired) electrons. The molecule has 2 atom stereocenters. The molecule has 3 nitrogen and oxygen atoms in total. The van der Waals surface area contributed by atoms with E-state index in [9.17, 15) is 8.78 Å². The van der Waals surface area contributed by atoms with Gasteiger partial charge in [-0.3, -0.25) is 0 Å². The zero-order valence-corrected chi connectivity index (χ0v) is 23.1. The lowest BCUT2D eigenvalue weighted by Gasteiger charge is -2.38. The first-order chi connectivity index (χ1) is 19.4. The maximum absolute atomic E-state index is 13.5. The third kappa shape index (κ3) is 5.35. The van der Waals surface area contributed by atoms with Crippen LogP contribution in [0.5, 0.6) is 23.0 Å². The SMILES string of the molecule is Cc1cc(F)ccc1Oc1ccc2c(c1)CCC[C@H]2C(N)[C@@H]1CCCc2cc(Oc3ccc(F)cc3C)ccc21. The monoisotopic (exact) mass is 539 g/mol. The molecule has 5 heteroatoms. The molecule has 0 fully saturated rings. The molecular weight excluding hydrogens is 504 g/mol. The van der Waals surface area contributed by atoms with Gasteiger partial charge in [-0.2, -0.15) is 0 Å². The van der Waals surface area contributed by atoms with E-state index in [-0.39, 0.29) is 29.5 Å². The maximum atomic E-state index is 13.5. The fourth-order valence-corrected chi connectivity index (χ4v) is 6.57. The van der Waals surface area contributed by atoms with Crippen LogP contribution in [0.1, 0.15) is 70.9 Å². The predicted molar refractivity (Wildman–Crippen MR) is 155 cm³/mol. The van der Waals surface area contributed by atoms with Crippen molar-refractivity contribution < 1.29 is 18.3 Å². The minimum atomic E-state index is -0.261. The Kier molecular flexibility index (Phi) is 7.33. The minimum absolute atomic E-state index is 0.00956. The lowest BCUT2D eigenvalue weighted by atomic mass is 9.70.